The Balaban J connectivity index is 1.85. The average molecular weight is 234 g/mol. The zero-order valence-corrected chi connectivity index (χ0v) is 8.96. The molecular formula is C10H16F2N2O2. The molecule has 0 bridgehead atoms. The van der Waals surface area contributed by atoms with Crippen LogP contribution in [0.3, 0.4) is 0 Å². The van der Waals surface area contributed by atoms with Crippen molar-refractivity contribution in [3.63, 3.8) is 0 Å². The summed E-state index contributed by atoms with van der Waals surface area (Å²) in [5, 5.41) is 11.7. The quantitative estimate of drug-likeness (QED) is 0.732. The Morgan fingerprint density at radius 3 is 2.50 bits per heavy atom. The molecule has 0 saturated carbocycles. The number of hydrogen-bond acceptors (Lipinski definition) is 3. The number of aliphatic carboxylic acids is 1. The first-order chi connectivity index (χ1) is 7.48. The molecule has 6 heteroatoms. The Morgan fingerprint density at radius 1 is 1.38 bits per heavy atom. The van der Waals surface area contributed by atoms with Crippen LogP contribution in [0.15, 0.2) is 0 Å². The lowest BCUT2D eigenvalue weighted by Gasteiger charge is -2.35. The number of halogens is 2. The molecule has 4 nitrogen and oxygen atoms in total. The van der Waals surface area contributed by atoms with E-state index in [4.69, 9.17) is 5.11 Å². The van der Waals surface area contributed by atoms with Crippen LogP contribution >= 0.6 is 0 Å². The van der Waals surface area contributed by atoms with Crippen LogP contribution in [0, 0.1) is 0 Å². The van der Waals surface area contributed by atoms with Crippen molar-refractivity contribution in [1.29, 1.82) is 0 Å². The minimum Gasteiger partial charge on any atom is -0.480 e. The van der Waals surface area contributed by atoms with E-state index in [2.05, 4.69) is 5.32 Å². The average Bonchev–Trinajstić information content (AvgIpc) is 2.66. The Hall–Kier alpha value is -0.750. The summed E-state index contributed by atoms with van der Waals surface area (Å²) in [5.74, 6) is -3.39. The number of hydrogen-bond donors (Lipinski definition) is 2. The van der Waals surface area contributed by atoms with Crippen LogP contribution in [-0.2, 0) is 4.79 Å². The number of alkyl halides is 2. The van der Waals surface area contributed by atoms with E-state index < -0.39 is 17.9 Å². The molecule has 2 aliphatic rings. The number of piperidine rings is 1. The molecule has 16 heavy (non-hydrogen) atoms. The van der Waals surface area contributed by atoms with Crippen LogP contribution in [0.1, 0.15) is 19.3 Å². The minimum atomic E-state index is -2.53. The molecule has 0 radical (unpaired) electrons. The van der Waals surface area contributed by atoms with E-state index in [-0.39, 0.29) is 18.9 Å². The highest BCUT2D eigenvalue weighted by Crippen LogP contribution is 2.29. The topological polar surface area (TPSA) is 52.6 Å². The third-order valence-electron chi connectivity index (χ3n) is 3.45. The molecule has 1 unspecified atom stereocenters. The van der Waals surface area contributed by atoms with Crippen molar-refractivity contribution < 1.29 is 18.7 Å². The highest BCUT2D eigenvalue weighted by molar-refractivity contribution is 5.73. The maximum atomic E-state index is 12.9. The number of carboxylic acid groups (broad SMARTS) is 1. The van der Waals surface area contributed by atoms with Crippen LogP contribution < -0.4 is 5.32 Å². The monoisotopic (exact) mass is 234 g/mol. The predicted molar refractivity (Wildman–Crippen MR) is 53.6 cm³/mol. The second-order valence-corrected chi connectivity index (χ2v) is 4.58. The van der Waals surface area contributed by atoms with Gasteiger partial charge in [-0.05, 0) is 6.42 Å². The van der Waals surface area contributed by atoms with E-state index in [0.29, 0.717) is 26.1 Å². The summed E-state index contributed by atoms with van der Waals surface area (Å²) in [5.41, 5.74) is 0. The van der Waals surface area contributed by atoms with Crippen molar-refractivity contribution in [3.8, 4) is 0 Å². The number of carboxylic acids is 1. The van der Waals surface area contributed by atoms with E-state index in [1.54, 1.807) is 0 Å². The molecule has 0 amide bonds. The smallest absolute Gasteiger partial charge is 0.320 e. The molecule has 2 atom stereocenters. The molecule has 2 fully saturated rings. The number of likely N-dealkylation sites (tertiary alicyclic amines) is 1. The second kappa shape index (κ2) is 4.25. The van der Waals surface area contributed by atoms with E-state index in [1.165, 1.54) is 0 Å². The highest BCUT2D eigenvalue weighted by atomic mass is 19.3. The summed E-state index contributed by atoms with van der Waals surface area (Å²) < 4.78 is 25.9. The predicted octanol–water partition coefficient (Wildman–Crippen LogP) is 0.533. The van der Waals surface area contributed by atoms with Crippen LogP contribution in [0.2, 0.25) is 0 Å². The molecular weight excluding hydrogens is 218 g/mol. The van der Waals surface area contributed by atoms with E-state index >= 15 is 0 Å². The number of nitrogens with zero attached hydrogens (tertiary/aromatic N) is 1. The maximum Gasteiger partial charge on any atom is 0.320 e. The standard InChI is InChI=1S/C10H16F2N2O2/c11-10(12)1-3-14(4-2-10)7-5-8(9(15)16)13-6-7/h7-8,13H,1-6H2,(H,15,16)/t7?,8-/m0/s1. The van der Waals surface area contributed by atoms with Crippen molar-refractivity contribution in [2.24, 2.45) is 0 Å². The SMILES string of the molecule is O=C(O)[C@@H]1CC(N2CCC(F)(F)CC2)CN1. The molecule has 0 spiro atoms. The summed E-state index contributed by atoms with van der Waals surface area (Å²) in [7, 11) is 0. The fraction of sp³-hybridized carbons (Fsp3) is 0.900. The summed E-state index contributed by atoms with van der Waals surface area (Å²) in [4.78, 5) is 12.7. The fourth-order valence-corrected chi connectivity index (χ4v) is 2.40. The van der Waals surface area contributed by atoms with Gasteiger partial charge >= 0.3 is 5.97 Å². The lowest BCUT2D eigenvalue weighted by molar-refractivity contribution is -0.139. The van der Waals surface area contributed by atoms with Gasteiger partial charge in [0.15, 0.2) is 0 Å². The lowest BCUT2D eigenvalue weighted by atomic mass is 10.0. The van der Waals surface area contributed by atoms with Crippen LogP contribution in [0.4, 0.5) is 8.78 Å². The Labute approximate surface area is 92.6 Å². The van der Waals surface area contributed by atoms with Gasteiger partial charge < -0.3 is 10.4 Å². The van der Waals surface area contributed by atoms with E-state index in [0.717, 1.165) is 0 Å². The van der Waals surface area contributed by atoms with Crippen molar-refractivity contribution in [2.75, 3.05) is 19.6 Å². The van der Waals surface area contributed by atoms with Gasteiger partial charge in [-0.25, -0.2) is 8.78 Å². The fourth-order valence-electron chi connectivity index (χ4n) is 2.40. The molecule has 92 valence electrons. The molecule has 0 aromatic heterocycles. The molecule has 2 N–H and O–H groups in total. The highest BCUT2D eigenvalue weighted by Gasteiger charge is 2.39. The summed E-state index contributed by atoms with van der Waals surface area (Å²) in [6.45, 7) is 1.32. The van der Waals surface area contributed by atoms with Gasteiger partial charge in [0, 0.05) is 38.5 Å². The third kappa shape index (κ3) is 2.49. The second-order valence-electron chi connectivity index (χ2n) is 4.58. The van der Waals surface area contributed by atoms with Crippen LogP contribution in [0.5, 0.6) is 0 Å². The summed E-state index contributed by atoms with van der Waals surface area (Å²) in [6.07, 6.45) is 0.295. The number of carbonyl (C=O) groups is 1. The third-order valence-corrected chi connectivity index (χ3v) is 3.45. The van der Waals surface area contributed by atoms with Gasteiger partial charge in [0.05, 0.1) is 0 Å². The molecule has 2 heterocycles. The van der Waals surface area contributed by atoms with Crippen molar-refractivity contribution in [3.05, 3.63) is 0 Å². The zero-order valence-electron chi connectivity index (χ0n) is 8.96. The van der Waals surface area contributed by atoms with Gasteiger partial charge in [0.1, 0.15) is 6.04 Å². The molecule has 2 aliphatic heterocycles. The Kier molecular flexibility index (Phi) is 3.12. The largest absolute Gasteiger partial charge is 0.480 e. The summed E-state index contributed by atoms with van der Waals surface area (Å²) in [6, 6.07) is -0.426. The summed E-state index contributed by atoms with van der Waals surface area (Å²) >= 11 is 0. The van der Waals surface area contributed by atoms with Crippen molar-refractivity contribution >= 4 is 5.97 Å². The van der Waals surface area contributed by atoms with Crippen LogP contribution in [-0.4, -0.2) is 53.6 Å². The van der Waals surface area contributed by atoms with Crippen molar-refractivity contribution in [1.82, 2.24) is 10.2 Å². The van der Waals surface area contributed by atoms with Gasteiger partial charge in [-0.15, -0.1) is 0 Å². The first-order valence-corrected chi connectivity index (χ1v) is 5.56. The van der Waals surface area contributed by atoms with Gasteiger partial charge in [-0.2, -0.15) is 0 Å². The molecule has 2 rings (SSSR count). The molecule has 2 saturated heterocycles. The van der Waals surface area contributed by atoms with Gasteiger partial charge in [0.25, 0.3) is 5.92 Å². The molecule has 0 aromatic rings. The van der Waals surface area contributed by atoms with Crippen molar-refractivity contribution in [2.45, 2.75) is 37.3 Å². The molecule has 0 aliphatic carbocycles. The number of rotatable bonds is 2. The lowest BCUT2D eigenvalue weighted by Crippen LogP contribution is -2.45. The maximum absolute atomic E-state index is 12.9. The van der Waals surface area contributed by atoms with Gasteiger partial charge in [0.2, 0.25) is 0 Å². The minimum absolute atomic E-state index is 0.0946. The zero-order chi connectivity index (χ0) is 11.8. The van der Waals surface area contributed by atoms with E-state index in [9.17, 15) is 13.6 Å². The normalized spacial score (nSPS) is 35.1. The first kappa shape index (κ1) is 11.7. The van der Waals surface area contributed by atoms with Gasteiger partial charge in [-0.3, -0.25) is 9.69 Å². The van der Waals surface area contributed by atoms with Gasteiger partial charge in [-0.1, -0.05) is 0 Å². The van der Waals surface area contributed by atoms with Crippen LogP contribution in [0.25, 0.3) is 0 Å². The number of nitrogens with one attached hydrogen (secondary N) is 1. The Morgan fingerprint density at radius 2 is 2.00 bits per heavy atom. The molecule has 0 aromatic carbocycles. The first-order valence-electron chi connectivity index (χ1n) is 5.56. The Bertz CT molecular complexity index is 276. The van der Waals surface area contributed by atoms with E-state index in [1.807, 2.05) is 4.90 Å².